The summed E-state index contributed by atoms with van der Waals surface area (Å²) in [5.74, 6) is 2.35. The lowest BCUT2D eigenvalue weighted by molar-refractivity contribution is 0.171. The van der Waals surface area contributed by atoms with Crippen molar-refractivity contribution in [1.29, 1.82) is 0 Å². The van der Waals surface area contributed by atoms with Gasteiger partial charge in [-0.2, -0.15) is 5.10 Å². The Kier molecular flexibility index (Phi) is 8.55. The zero-order valence-electron chi connectivity index (χ0n) is 28.1. The third-order valence-corrected chi connectivity index (χ3v) is 9.43. The Morgan fingerprint density at radius 3 is 2.56 bits per heavy atom. The van der Waals surface area contributed by atoms with Crippen LogP contribution < -0.4 is 20.3 Å². The Labute approximate surface area is 280 Å². The van der Waals surface area contributed by atoms with Gasteiger partial charge in [0.05, 0.1) is 23.6 Å². The first-order valence-electron chi connectivity index (χ1n) is 16.9. The van der Waals surface area contributed by atoms with E-state index in [0.717, 1.165) is 84.2 Å². The average molecular weight is 649 g/mol. The first kappa shape index (κ1) is 31.7. The molecule has 11 nitrogen and oxygen atoms in total. The molecule has 0 saturated carbocycles. The van der Waals surface area contributed by atoms with E-state index >= 15 is 0 Å². The number of carbonyl (C=O) groups is 1. The highest BCUT2D eigenvalue weighted by Crippen LogP contribution is 2.39. The van der Waals surface area contributed by atoms with Gasteiger partial charge in [-0.3, -0.25) is 9.72 Å². The van der Waals surface area contributed by atoms with Crippen molar-refractivity contribution < 1.29 is 14.6 Å². The van der Waals surface area contributed by atoms with Gasteiger partial charge in [0.15, 0.2) is 5.65 Å². The second-order valence-corrected chi connectivity index (χ2v) is 14.1. The Hall–Kier alpha value is -4.90. The van der Waals surface area contributed by atoms with Gasteiger partial charge in [-0.1, -0.05) is 62.7 Å². The first-order chi connectivity index (χ1) is 23.2. The fraction of sp³-hybridized carbons (Fsp3) is 0.405. The second kappa shape index (κ2) is 13.0. The van der Waals surface area contributed by atoms with Gasteiger partial charge in [0.2, 0.25) is 5.95 Å². The SMILES string of the molecule is Cc1ccc(-n2nc(C(C)(C)C)cc2NC(=O)N[C@H]2CC[C@@H](Oc3ccc4nnc(N5CCC[C@@H](CO)C5)n4c3)c3ccccc32)cc1. The minimum Gasteiger partial charge on any atom is -0.484 e. The lowest BCUT2D eigenvalue weighted by atomic mass is 9.85. The molecule has 2 aromatic carbocycles. The number of pyridine rings is 1. The van der Waals surface area contributed by atoms with E-state index in [-0.39, 0.29) is 36.1 Å². The summed E-state index contributed by atoms with van der Waals surface area (Å²) in [6.45, 7) is 10.2. The molecule has 3 aromatic heterocycles. The lowest BCUT2D eigenvalue weighted by Gasteiger charge is -2.32. The van der Waals surface area contributed by atoms with Gasteiger partial charge in [0.25, 0.3) is 0 Å². The number of nitrogens with one attached hydrogen (secondary N) is 2. The van der Waals surface area contributed by atoms with E-state index in [4.69, 9.17) is 9.84 Å². The normalized spacial score (nSPS) is 19.6. The first-order valence-corrected chi connectivity index (χ1v) is 16.9. The fourth-order valence-electron chi connectivity index (χ4n) is 6.76. The van der Waals surface area contributed by atoms with E-state index < -0.39 is 0 Å². The number of ether oxygens (including phenoxy) is 1. The number of carbonyl (C=O) groups excluding carboxylic acids is 1. The molecule has 3 N–H and O–H groups in total. The Morgan fingerprint density at radius 1 is 1.00 bits per heavy atom. The zero-order chi connectivity index (χ0) is 33.4. The molecule has 250 valence electrons. The largest absolute Gasteiger partial charge is 0.484 e. The number of aryl methyl sites for hydroxylation is 1. The van der Waals surface area contributed by atoms with Gasteiger partial charge < -0.3 is 20.1 Å². The molecule has 4 heterocycles. The number of benzene rings is 2. The van der Waals surface area contributed by atoms with Crippen molar-refractivity contribution in [2.75, 3.05) is 29.9 Å². The highest BCUT2D eigenvalue weighted by Gasteiger charge is 2.30. The number of rotatable bonds is 7. The van der Waals surface area contributed by atoms with Gasteiger partial charge in [-0.05, 0) is 73.9 Å². The predicted octanol–water partition coefficient (Wildman–Crippen LogP) is 6.51. The molecule has 1 saturated heterocycles. The summed E-state index contributed by atoms with van der Waals surface area (Å²) in [5, 5.41) is 29.7. The van der Waals surface area contributed by atoms with Crippen LogP contribution in [-0.4, -0.2) is 55.2 Å². The number of piperidine rings is 1. The summed E-state index contributed by atoms with van der Waals surface area (Å²) >= 11 is 0. The van der Waals surface area contributed by atoms with Crippen molar-refractivity contribution in [1.82, 2.24) is 29.7 Å². The lowest BCUT2D eigenvalue weighted by Crippen LogP contribution is -2.37. The molecule has 0 bridgehead atoms. The van der Waals surface area contributed by atoms with Crippen LogP contribution in [0.15, 0.2) is 72.9 Å². The number of aliphatic hydroxyl groups excluding tert-OH is 1. The van der Waals surface area contributed by atoms with E-state index in [9.17, 15) is 9.90 Å². The highest BCUT2D eigenvalue weighted by atomic mass is 16.5. The Morgan fingerprint density at radius 2 is 1.79 bits per heavy atom. The summed E-state index contributed by atoms with van der Waals surface area (Å²) in [5.41, 5.74) is 5.60. The number of amides is 2. The molecule has 7 rings (SSSR count). The molecule has 48 heavy (non-hydrogen) atoms. The number of hydrogen-bond donors (Lipinski definition) is 3. The van der Waals surface area contributed by atoms with E-state index in [2.05, 4.69) is 58.6 Å². The fourth-order valence-corrected chi connectivity index (χ4v) is 6.76. The monoisotopic (exact) mass is 648 g/mol. The van der Waals surface area contributed by atoms with Gasteiger partial charge in [-0.15, -0.1) is 10.2 Å². The third kappa shape index (κ3) is 6.47. The van der Waals surface area contributed by atoms with E-state index in [1.807, 2.05) is 72.1 Å². The molecule has 0 spiro atoms. The summed E-state index contributed by atoms with van der Waals surface area (Å²) in [6, 6.07) is 21.6. The summed E-state index contributed by atoms with van der Waals surface area (Å²) in [4.78, 5) is 15.7. The summed E-state index contributed by atoms with van der Waals surface area (Å²) in [6.07, 6.45) is 5.26. The van der Waals surface area contributed by atoms with Crippen LogP contribution in [0.25, 0.3) is 11.3 Å². The van der Waals surface area contributed by atoms with Crippen molar-refractivity contribution in [2.24, 2.45) is 5.92 Å². The van der Waals surface area contributed by atoms with Crippen LogP contribution in [0.4, 0.5) is 16.6 Å². The van der Waals surface area contributed by atoms with Crippen molar-refractivity contribution in [3.8, 4) is 11.4 Å². The molecule has 0 radical (unpaired) electrons. The number of nitrogens with zero attached hydrogens (tertiary/aromatic N) is 6. The highest BCUT2D eigenvalue weighted by molar-refractivity contribution is 5.89. The molecule has 11 heteroatoms. The number of aromatic nitrogens is 5. The van der Waals surface area contributed by atoms with Crippen LogP contribution in [0.3, 0.4) is 0 Å². The van der Waals surface area contributed by atoms with Crippen molar-refractivity contribution in [3.63, 3.8) is 0 Å². The maximum Gasteiger partial charge on any atom is 0.320 e. The van der Waals surface area contributed by atoms with E-state index in [0.29, 0.717) is 5.82 Å². The molecule has 1 aliphatic carbocycles. The quantitative estimate of drug-likeness (QED) is 0.184. The van der Waals surface area contributed by atoms with Crippen LogP contribution in [0.2, 0.25) is 0 Å². The van der Waals surface area contributed by atoms with Gasteiger partial charge in [0.1, 0.15) is 17.7 Å². The van der Waals surface area contributed by atoms with Crippen LogP contribution in [0.1, 0.15) is 81.0 Å². The van der Waals surface area contributed by atoms with Crippen molar-refractivity contribution >= 4 is 23.4 Å². The molecule has 2 aliphatic rings. The Balaban J connectivity index is 1.08. The number of hydrogen-bond acceptors (Lipinski definition) is 7. The Bertz CT molecular complexity index is 1910. The summed E-state index contributed by atoms with van der Waals surface area (Å²) in [7, 11) is 0. The van der Waals surface area contributed by atoms with Crippen LogP contribution >= 0.6 is 0 Å². The molecule has 1 fully saturated rings. The molecular weight excluding hydrogens is 604 g/mol. The molecule has 3 atom stereocenters. The second-order valence-electron chi connectivity index (χ2n) is 14.1. The van der Waals surface area contributed by atoms with Crippen molar-refractivity contribution in [3.05, 3.63) is 95.3 Å². The number of anilines is 2. The third-order valence-electron chi connectivity index (χ3n) is 9.43. The minimum atomic E-state index is -0.283. The molecule has 2 amide bonds. The van der Waals surface area contributed by atoms with E-state index in [1.165, 1.54) is 0 Å². The maximum atomic E-state index is 13.5. The maximum absolute atomic E-state index is 13.5. The minimum absolute atomic E-state index is 0.175. The zero-order valence-corrected chi connectivity index (χ0v) is 28.1. The number of urea groups is 1. The summed E-state index contributed by atoms with van der Waals surface area (Å²) < 4.78 is 10.4. The smallest absolute Gasteiger partial charge is 0.320 e. The average Bonchev–Trinajstić information content (AvgIpc) is 3.71. The molecular formula is C37H44N8O3. The molecule has 0 unspecified atom stereocenters. The van der Waals surface area contributed by atoms with Crippen LogP contribution in [0.5, 0.6) is 5.75 Å². The number of aliphatic hydroxyl groups is 1. The molecule has 5 aromatic rings. The topological polar surface area (TPSA) is 122 Å². The standard InChI is InChI=1S/C37H44N8O3/c1-24-11-13-26(14-12-24)45-34(20-32(42-45)37(2,3)4)39-35(47)38-30-16-17-31(29-10-6-5-9-28(29)30)48-27-15-18-33-40-41-36(44(33)22-27)43-19-7-8-25(21-43)23-46/h5-6,9-15,18,20,22,25,30-31,46H,7-8,16-17,19,21,23H2,1-4H3,(H2,38,39,47)/t25-,30+,31-/m1/s1. The van der Waals surface area contributed by atoms with Crippen LogP contribution in [0, 0.1) is 12.8 Å². The van der Waals surface area contributed by atoms with E-state index in [1.54, 1.807) is 4.68 Å². The van der Waals surface area contributed by atoms with Crippen molar-refractivity contribution in [2.45, 2.75) is 70.9 Å². The number of fused-ring (bicyclic) bond motifs is 2. The van der Waals surface area contributed by atoms with Gasteiger partial charge in [0, 0.05) is 31.2 Å². The van der Waals surface area contributed by atoms with Gasteiger partial charge >= 0.3 is 6.03 Å². The molecule has 1 aliphatic heterocycles. The van der Waals surface area contributed by atoms with Gasteiger partial charge in [-0.25, -0.2) is 9.48 Å². The predicted molar refractivity (Wildman–Crippen MR) is 186 cm³/mol. The van der Waals surface area contributed by atoms with Crippen LogP contribution in [-0.2, 0) is 5.41 Å².